The zero-order valence-electron chi connectivity index (χ0n) is 16.4. The van der Waals surface area contributed by atoms with Gasteiger partial charge in [-0.05, 0) is 32.6 Å². The second kappa shape index (κ2) is 10.7. The van der Waals surface area contributed by atoms with Crippen LogP contribution in [0, 0.1) is 5.92 Å². The largest absolute Gasteiger partial charge is 0.544 e. The van der Waals surface area contributed by atoms with E-state index >= 15 is 0 Å². The van der Waals surface area contributed by atoms with Gasteiger partial charge in [0.25, 0.3) is 0 Å². The second-order valence-corrected chi connectivity index (χ2v) is 11.5. The molecule has 26 heavy (non-hydrogen) atoms. The number of allylic oxidation sites excluding steroid dienone is 1. The number of carbonyl (C=O) groups excluding carboxylic acids is 1. The van der Waals surface area contributed by atoms with Gasteiger partial charge in [0.05, 0.1) is 6.61 Å². The van der Waals surface area contributed by atoms with Crippen molar-refractivity contribution < 1.29 is 14.3 Å². The Bertz CT molecular complexity index is 688. The summed E-state index contributed by atoms with van der Waals surface area (Å²) in [5.74, 6) is 0.704. The molecule has 1 N–H and O–H groups in total. The van der Waals surface area contributed by atoms with E-state index in [1.807, 2.05) is 49.4 Å². The molecule has 140 valence electrons. The molecule has 0 fully saturated rings. The highest BCUT2D eigenvalue weighted by atomic mass is 28.4. The van der Waals surface area contributed by atoms with Crippen molar-refractivity contribution in [1.29, 1.82) is 0 Å². The summed E-state index contributed by atoms with van der Waals surface area (Å²) in [4.78, 5) is 11.4. The van der Waals surface area contributed by atoms with Crippen molar-refractivity contribution in [2.75, 3.05) is 6.61 Å². The van der Waals surface area contributed by atoms with Crippen LogP contribution in [0.4, 0.5) is 0 Å². The van der Waals surface area contributed by atoms with Crippen molar-refractivity contribution in [3.8, 4) is 0 Å². The van der Waals surface area contributed by atoms with Crippen molar-refractivity contribution >= 4 is 19.9 Å². The first-order valence-corrected chi connectivity index (χ1v) is 12.3. The lowest BCUT2D eigenvalue weighted by Gasteiger charge is -2.21. The number of hydrogen-bond donors (Lipinski definition) is 1. The Kier molecular flexibility index (Phi) is 9.03. The summed E-state index contributed by atoms with van der Waals surface area (Å²) in [5.41, 5.74) is 1.83. The van der Waals surface area contributed by atoms with Gasteiger partial charge in [-0.2, -0.15) is 0 Å². The Morgan fingerprint density at radius 1 is 1.00 bits per heavy atom. The number of ketones is 1. The molecule has 0 aliphatic carbocycles. The van der Waals surface area contributed by atoms with Gasteiger partial charge in [-0.25, -0.2) is 0 Å². The van der Waals surface area contributed by atoms with Crippen LogP contribution < -0.4 is 0 Å². The van der Waals surface area contributed by atoms with Crippen LogP contribution in [0.15, 0.2) is 66.7 Å². The molecule has 0 amide bonds. The molecule has 0 bridgehead atoms. The van der Waals surface area contributed by atoms with E-state index in [9.17, 15) is 4.79 Å². The molecule has 2 aromatic carbocycles. The lowest BCUT2D eigenvalue weighted by molar-refractivity contribution is 0.0877. The number of aliphatic hydroxyl groups excluding tert-OH is 1. The molecule has 0 radical (unpaired) electrons. The molecule has 0 spiro atoms. The van der Waals surface area contributed by atoms with Gasteiger partial charge in [0.15, 0.2) is 5.78 Å². The fourth-order valence-corrected chi connectivity index (χ4v) is 3.08. The van der Waals surface area contributed by atoms with E-state index in [0.29, 0.717) is 5.56 Å². The van der Waals surface area contributed by atoms with Crippen molar-refractivity contribution in [1.82, 2.24) is 0 Å². The molecule has 2 aromatic rings. The fraction of sp³-hybridized carbons (Fsp3) is 0.318. The van der Waals surface area contributed by atoms with E-state index < -0.39 is 8.32 Å². The number of carbonyl (C=O) groups is 1. The van der Waals surface area contributed by atoms with Crippen LogP contribution in [-0.4, -0.2) is 25.8 Å². The minimum absolute atomic E-state index is 0.00176. The normalized spacial score (nSPS) is 12.6. The Hall–Kier alpha value is -2.17. The molecule has 0 aromatic heterocycles. The first-order valence-electron chi connectivity index (χ1n) is 8.89. The highest BCUT2D eigenvalue weighted by Crippen LogP contribution is 2.20. The number of Topliss-reactive ketones (excluding diaryl/α,β-unsaturated/α-hetero) is 1. The third-order valence-corrected chi connectivity index (χ3v) is 4.35. The summed E-state index contributed by atoms with van der Waals surface area (Å²) in [7, 11) is -1.49. The molecule has 1 atom stereocenters. The summed E-state index contributed by atoms with van der Waals surface area (Å²) < 4.78 is 5.97. The predicted molar refractivity (Wildman–Crippen MR) is 112 cm³/mol. The maximum absolute atomic E-state index is 11.4. The third kappa shape index (κ3) is 7.81. The van der Waals surface area contributed by atoms with Gasteiger partial charge in [0, 0.05) is 17.0 Å². The molecule has 2 rings (SSSR count). The van der Waals surface area contributed by atoms with Crippen molar-refractivity contribution in [3.05, 3.63) is 77.9 Å². The van der Waals surface area contributed by atoms with Crippen LogP contribution in [-0.2, 0) is 4.43 Å². The van der Waals surface area contributed by atoms with Crippen molar-refractivity contribution in [2.45, 2.75) is 33.5 Å². The van der Waals surface area contributed by atoms with Gasteiger partial charge < -0.3 is 9.53 Å². The highest BCUT2D eigenvalue weighted by molar-refractivity contribution is 6.70. The molecule has 4 heteroatoms. The fourth-order valence-electron chi connectivity index (χ4n) is 2.19. The van der Waals surface area contributed by atoms with Crippen LogP contribution in [0.2, 0.25) is 19.6 Å². The van der Waals surface area contributed by atoms with Crippen molar-refractivity contribution in [2.24, 2.45) is 5.92 Å². The number of rotatable bonds is 6. The van der Waals surface area contributed by atoms with Gasteiger partial charge >= 0.3 is 0 Å². The SMILES string of the molecule is C/C=C(\O[Si](C)(C)C)c1ccccc1.C[C@@H](CO)C(=O)c1ccccc1. The maximum atomic E-state index is 11.4. The Balaban J connectivity index is 0.000000263. The lowest BCUT2D eigenvalue weighted by Crippen LogP contribution is -2.24. The van der Waals surface area contributed by atoms with E-state index in [1.54, 1.807) is 19.1 Å². The van der Waals surface area contributed by atoms with E-state index in [-0.39, 0.29) is 18.3 Å². The van der Waals surface area contributed by atoms with E-state index in [0.717, 1.165) is 11.3 Å². The van der Waals surface area contributed by atoms with Crippen LogP contribution >= 0.6 is 0 Å². The summed E-state index contributed by atoms with van der Waals surface area (Å²) in [5, 5.41) is 8.75. The quantitative estimate of drug-likeness (QED) is 0.421. The van der Waals surface area contributed by atoms with Gasteiger partial charge in [-0.15, -0.1) is 0 Å². The van der Waals surface area contributed by atoms with Crippen LogP contribution in [0.1, 0.15) is 29.8 Å². The average molecular weight is 371 g/mol. The summed E-state index contributed by atoms with van der Waals surface area (Å²) in [6.45, 7) is 10.2. The Labute approximate surface area is 158 Å². The zero-order valence-corrected chi connectivity index (χ0v) is 17.4. The number of hydrogen-bond acceptors (Lipinski definition) is 3. The number of aliphatic hydroxyl groups is 1. The molecular weight excluding hydrogens is 340 g/mol. The van der Waals surface area contributed by atoms with Crippen LogP contribution in [0.25, 0.3) is 5.76 Å². The molecule has 0 saturated heterocycles. The third-order valence-electron chi connectivity index (χ3n) is 3.52. The first-order chi connectivity index (χ1) is 12.3. The minimum atomic E-state index is -1.49. The van der Waals surface area contributed by atoms with Gasteiger partial charge in [-0.1, -0.05) is 67.6 Å². The molecular formula is C22H30O3Si. The van der Waals surface area contributed by atoms with Gasteiger partial charge in [0.2, 0.25) is 8.32 Å². The molecule has 3 nitrogen and oxygen atoms in total. The van der Waals surface area contributed by atoms with E-state index in [1.165, 1.54) is 0 Å². The summed E-state index contributed by atoms with van der Waals surface area (Å²) >= 11 is 0. The van der Waals surface area contributed by atoms with Crippen molar-refractivity contribution in [3.63, 3.8) is 0 Å². The monoisotopic (exact) mass is 370 g/mol. The maximum Gasteiger partial charge on any atom is 0.242 e. The molecule has 0 aliphatic heterocycles. The standard InChI is InChI=1S/C12H18OSi.C10H12O2/c1-5-12(13-14(2,3)4)11-9-7-6-8-10-11;1-8(7-11)10(12)9-5-3-2-4-6-9/h5-10H,1-4H3;2-6,8,11H,7H2,1H3/b12-5-;/t;8-/m.0/s1. The summed E-state index contributed by atoms with van der Waals surface area (Å²) in [6, 6.07) is 19.3. The molecule has 0 aliphatic rings. The Morgan fingerprint density at radius 3 is 1.85 bits per heavy atom. The topological polar surface area (TPSA) is 46.5 Å². The Morgan fingerprint density at radius 2 is 1.46 bits per heavy atom. The molecule has 0 unspecified atom stereocenters. The van der Waals surface area contributed by atoms with Crippen LogP contribution in [0.3, 0.4) is 0 Å². The lowest BCUT2D eigenvalue weighted by atomic mass is 10.0. The zero-order chi connectivity index (χ0) is 19.6. The van der Waals surface area contributed by atoms with Gasteiger partial charge in [0.1, 0.15) is 5.76 Å². The first kappa shape index (κ1) is 21.9. The van der Waals surface area contributed by atoms with Gasteiger partial charge in [-0.3, -0.25) is 4.79 Å². The highest BCUT2D eigenvalue weighted by Gasteiger charge is 2.17. The van der Waals surface area contributed by atoms with E-state index in [4.69, 9.17) is 9.53 Å². The van der Waals surface area contributed by atoms with Crippen LogP contribution in [0.5, 0.6) is 0 Å². The average Bonchev–Trinajstić information content (AvgIpc) is 2.66. The predicted octanol–water partition coefficient (Wildman–Crippen LogP) is 5.40. The smallest absolute Gasteiger partial charge is 0.242 e. The minimum Gasteiger partial charge on any atom is -0.544 e. The summed E-state index contributed by atoms with van der Waals surface area (Å²) in [6.07, 6.45) is 2.04. The number of benzene rings is 2. The molecule has 0 saturated carbocycles. The molecule has 0 heterocycles. The second-order valence-electron chi connectivity index (χ2n) is 7.05. The van der Waals surface area contributed by atoms with E-state index in [2.05, 4.69) is 31.8 Å².